The molecule has 0 amide bonds. The molecule has 0 aliphatic heterocycles. The number of azo groups is 4. The second kappa shape index (κ2) is 20.6. The predicted octanol–water partition coefficient (Wildman–Crippen LogP) is 16.6. The Labute approximate surface area is 362 Å². The van der Waals surface area contributed by atoms with E-state index in [0.29, 0.717) is 0 Å². The third-order valence-electron chi connectivity index (χ3n) is 11.3. The van der Waals surface area contributed by atoms with Gasteiger partial charge in [0.15, 0.2) is 23.3 Å². The number of benzene rings is 4. The summed E-state index contributed by atoms with van der Waals surface area (Å²) < 4.78 is 0. The molecule has 4 N–H and O–H groups in total. The molecule has 8 aromatic rings. The van der Waals surface area contributed by atoms with Crippen LogP contribution in [0.25, 0.3) is 0 Å². The highest BCUT2D eigenvalue weighted by molar-refractivity contribution is 5.46. The van der Waals surface area contributed by atoms with Crippen molar-refractivity contribution in [2.45, 2.75) is 64.2 Å². The fourth-order valence-corrected chi connectivity index (χ4v) is 7.62. The molecule has 0 radical (unpaired) electrons. The van der Waals surface area contributed by atoms with Crippen LogP contribution in [-0.4, -0.2) is 19.9 Å². The molecule has 12 heteroatoms. The quantitative estimate of drug-likeness (QED) is 0.0683. The monoisotopic (exact) mass is 820 g/mol. The van der Waals surface area contributed by atoms with Crippen molar-refractivity contribution in [2.75, 3.05) is 0 Å². The van der Waals surface area contributed by atoms with E-state index in [9.17, 15) is 0 Å². The van der Waals surface area contributed by atoms with Gasteiger partial charge in [-0.1, -0.05) is 100 Å². The third-order valence-corrected chi connectivity index (χ3v) is 11.3. The van der Waals surface area contributed by atoms with E-state index in [2.05, 4.69) is 113 Å². The average molecular weight is 821 g/mol. The van der Waals surface area contributed by atoms with E-state index in [1.54, 1.807) is 0 Å². The van der Waals surface area contributed by atoms with Crippen molar-refractivity contribution in [2.24, 2.45) is 40.9 Å². The first-order valence-corrected chi connectivity index (χ1v) is 21.1. The zero-order chi connectivity index (χ0) is 43.0. The maximum absolute atomic E-state index is 4.37. The number of H-pyrrole nitrogens is 4. The van der Waals surface area contributed by atoms with Crippen LogP contribution in [0.1, 0.15) is 76.2 Å². The van der Waals surface area contributed by atoms with Gasteiger partial charge in [0.2, 0.25) is 0 Å². The number of hydrogen-bond donors (Lipinski definition) is 4. The number of aromatic nitrogens is 4. The molecular weight excluding hydrogens is 769 g/mol. The zero-order valence-electron chi connectivity index (χ0n) is 35.6. The van der Waals surface area contributed by atoms with E-state index in [-0.39, 0.29) is 10.8 Å². The Morgan fingerprint density at radius 2 is 0.484 bits per heavy atom. The molecule has 4 heterocycles. The lowest BCUT2D eigenvalue weighted by molar-refractivity contribution is 0.456. The standard InChI is InChI=1S/2C25H26N6/c2*1-3-25(4-2,21-15-17-23(26-21)30-28-19-11-7-5-8-12-19)22-16-18-24(27-22)31-29-20-13-9-6-10-14-20/h2*5-18,26-27H,3-4H2,1-2H3. The minimum atomic E-state index is -0.193. The Morgan fingerprint density at radius 3 is 0.677 bits per heavy atom. The molecule has 0 unspecified atom stereocenters. The summed E-state index contributed by atoms with van der Waals surface area (Å²) in [6.45, 7) is 8.78. The van der Waals surface area contributed by atoms with E-state index in [4.69, 9.17) is 0 Å². The molecule has 312 valence electrons. The average Bonchev–Trinajstić information content (AvgIpc) is 4.19. The lowest BCUT2D eigenvalue weighted by Crippen LogP contribution is -2.26. The van der Waals surface area contributed by atoms with Crippen molar-refractivity contribution in [1.29, 1.82) is 0 Å². The Bertz CT molecular complexity index is 2310. The molecule has 0 spiro atoms. The molecule has 0 bridgehead atoms. The van der Waals surface area contributed by atoms with Crippen LogP contribution in [0.15, 0.2) is 211 Å². The summed E-state index contributed by atoms with van der Waals surface area (Å²) >= 11 is 0. The molecule has 0 saturated carbocycles. The summed E-state index contributed by atoms with van der Waals surface area (Å²) in [5.41, 5.74) is 7.34. The van der Waals surface area contributed by atoms with Gasteiger partial charge >= 0.3 is 0 Å². The SMILES string of the molecule is CCC(CC)(c1ccc(N=Nc2ccccc2)[nH]1)c1ccc(N=Nc2ccccc2)[nH]1.CCC(CC)(c1ccc(N=Nc2ccccc2)[nH]1)c1ccc(N=Nc2ccccc2)[nH]1. The van der Waals surface area contributed by atoms with E-state index in [0.717, 1.165) is 94.5 Å². The van der Waals surface area contributed by atoms with Crippen LogP contribution in [-0.2, 0) is 10.8 Å². The van der Waals surface area contributed by atoms with E-state index < -0.39 is 0 Å². The smallest absolute Gasteiger partial charge is 0.152 e. The Kier molecular flexibility index (Phi) is 14.1. The fraction of sp³-hybridized carbons (Fsp3) is 0.200. The molecule has 0 aliphatic rings. The molecule has 62 heavy (non-hydrogen) atoms. The molecule has 0 atom stereocenters. The minimum absolute atomic E-state index is 0.193. The molecule has 8 rings (SSSR count). The first-order valence-electron chi connectivity index (χ1n) is 21.1. The van der Waals surface area contributed by atoms with Crippen LogP contribution in [0.4, 0.5) is 46.0 Å². The van der Waals surface area contributed by atoms with Gasteiger partial charge in [0.25, 0.3) is 0 Å². The van der Waals surface area contributed by atoms with Gasteiger partial charge < -0.3 is 19.9 Å². The number of nitrogens with zero attached hydrogens (tertiary/aromatic N) is 8. The summed E-state index contributed by atoms with van der Waals surface area (Å²) in [6, 6.07) is 55.2. The lowest BCUT2D eigenvalue weighted by atomic mass is 9.76. The van der Waals surface area contributed by atoms with Gasteiger partial charge in [0.05, 0.1) is 22.7 Å². The predicted molar refractivity (Wildman–Crippen MR) is 248 cm³/mol. The van der Waals surface area contributed by atoms with E-state index in [1.807, 2.05) is 146 Å². The molecule has 12 nitrogen and oxygen atoms in total. The summed E-state index contributed by atoms with van der Waals surface area (Å²) in [7, 11) is 0. The molecule has 4 aromatic heterocycles. The van der Waals surface area contributed by atoms with Crippen molar-refractivity contribution in [3.05, 3.63) is 193 Å². The van der Waals surface area contributed by atoms with Crippen LogP contribution in [0, 0.1) is 0 Å². The van der Waals surface area contributed by atoms with Gasteiger partial charge in [-0.05, 0) is 123 Å². The van der Waals surface area contributed by atoms with Gasteiger partial charge in [-0.3, -0.25) is 0 Å². The van der Waals surface area contributed by atoms with Gasteiger partial charge in [-0.15, -0.1) is 40.9 Å². The largest absolute Gasteiger partial charge is 0.341 e. The van der Waals surface area contributed by atoms with Crippen molar-refractivity contribution < 1.29 is 0 Å². The molecular formula is C50H52N12. The summed E-state index contributed by atoms with van der Waals surface area (Å²) in [5, 5.41) is 34.7. The Balaban J connectivity index is 0.000000186. The van der Waals surface area contributed by atoms with Crippen molar-refractivity contribution in [1.82, 2.24) is 19.9 Å². The second-order valence-electron chi connectivity index (χ2n) is 14.7. The molecule has 0 saturated heterocycles. The normalized spacial score (nSPS) is 12.2. The van der Waals surface area contributed by atoms with Gasteiger partial charge in [-0.2, -0.15) is 0 Å². The Hall–Kier alpha value is -7.60. The fourth-order valence-electron chi connectivity index (χ4n) is 7.62. The van der Waals surface area contributed by atoms with Crippen LogP contribution < -0.4 is 0 Å². The van der Waals surface area contributed by atoms with Gasteiger partial charge in [0.1, 0.15) is 0 Å². The number of nitrogens with one attached hydrogen (secondary N) is 4. The number of hydrogen-bond acceptors (Lipinski definition) is 8. The highest BCUT2D eigenvalue weighted by Crippen LogP contribution is 2.41. The highest BCUT2D eigenvalue weighted by atomic mass is 15.2. The van der Waals surface area contributed by atoms with Gasteiger partial charge in [0, 0.05) is 33.6 Å². The van der Waals surface area contributed by atoms with Crippen molar-refractivity contribution >= 4 is 46.0 Å². The zero-order valence-corrected chi connectivity index (χ0v) is 35.6. The van der Waals surface area contributed by atoms with Crippen LogP contribution in [0.2, 0.25) is 0 Å². The van der Waals surface area contributed by atoms with E-state index in [1.165, 1.54) is 0 Å². The first kappa shape index (κ1) is 42.5. The minimum Gasteiger partial charge on any atom is -0.341 e. The number of rotatable bonds is 16. The summed E-state index contributed by atoms with van der Waals surface area (Å²) in [6.07, 6.45) is 3.70. The van der Waals surface area contributed by atoms with Crippen molar-refractivity contribution in [3.63, 3.8) is 0 Å². The summed E-state index contributed by atoms with van der Waals surface area (Å²) in [5.74, 6) is 2.95. The molecule has 0 fully saturated rings. The number of aromatic amines is 4. The van der Waals surface area contributed by atoms with Crippen LogP contribution >= 0.6 is 0 Å². The molecule has 4 aromatic carbocycles. The van der Waals surface area contributed by atoms with Crippen LogP contribution in [0.5, 0.6) is 0 Å². The first-order chi connectivity index (χ1) is 30.5. The maximum Gasteiger partial charge on any atom is 0.152 e. The summed E-state index contributed by atoms with van der Waals surface area (Å²) in [4.78, 5) is 13.8. The second-order valence-corrected chi connectivity index (χ2v) is 14.7. The lowest BCUT2D eigenvalue weighted by Gasteiger charge is -2.30. The maximum atomic E-state index is 4.37. The topological polar surface area (TPSA) is 162 Å². The van der Waals surface area contributed by atoms with E-state index >= 15 is 0 Å². The highest BCUT2D eigenvalue weighted by Gasteiger charge is 2.35. The Morgan fingerprint density at radius 1 is 0.274 bits per heavy atom. The van der Waals surface area contributed by atoms with Gasteiger partial charge in [-0.25, -0.2) is 0 Å². The van der Waals surface area contributed by atoms with Crippen LogP contribution in [0.3, 0.4) is 0 Å². The molecule has 0 aliphatic carbocycles. The van der Waals surface area contributed by atoms with Crippen molar-refractivity contribution in [3.8, 4) is 0 Å². The third kappa shape index (κ3) is 10.2.